The molecule has 2 unspecified atom stereocenters. The van der Waals surface area contributed by atoms with Gasteiger partial charge in [0.15, 0.2) is 0 Å². The molecule has 2 heterocycles. The normalized spacial score (nSPS) is 21.2. The smallest absolute Gasteiger partial charge is 0.135 e. The molecule has 2 rings (SSSR count). The average Bonchev–Trinajstić information content (AvgIpc) is 2.81. The first-order valence-corrected chi connectivity index (χ1v) is 6.58. The molecule has 0 aliphatic carbocycles. The van der Waals surface area contributed by atoms with Crippen LogP contribution >= 0.6 is 0 Å². The summed E-state index contributed by atoms with van der Waals surface area (Å²) in [7, 11) is 0. The van der Waals surface area contributed by atoms with Gasteiger partial charge in [-0.05, 0) is 25.7 Å². The second-order valence-corrected chi connectivity index (χ2v) is 5.16. The molecule has 100 valence electrons. The van der Waals surface area contributed by atoms with E-state index in [0.29, 0.717) is 11.7 Å². The number of nitrogens with zero attached hydrogens (tertiary/aromatic N) is 2. The molecule has 1 aromatic rings. The summed E-state index contributed by atoms with van der Waals surface area (Å²) >= 11 is 0. The molecule has 1 aliphatic rings. The number of ether oxygens (including phenoxy) is 1. The van der Waals surface area contributed by atoms with Crippen molar-refractivity contribution in [3.8, 4) is 0 Å². The van der Waals surface area contributed by atoms with E-state index in [1.54, 1.807) is 0 Å². The van der Waals surface area contributed by atoms with Gasteiger partial charge in [0.05, 0.1) is 12.1 Å². The maximum Gasteiger partial charge on any atom is 0.135 e. The van der Waals surface area contributed by atoms with Crippen molar-refractivity contribution in [3.63, 3.8) is 0 Å². The summed E-state index contributed by atoms with van der Waals surface area (Å²) in [6.07, 6.45) is 4.01. The van der Waals surface area contributed by atoms with Gasteiger partial charge in [-0.3, -0.25) is 0 Å². The van der Waals surface area contributed by atoms with Gasteiger partial charge in [0.2, 0.25) is 0 Å². The van der Waals surface area contributed by atoms with Gasteiger partial charge >= 0.3 is 0 Å². The standard InChI is InChI=1S/C13H22N4O/c1-8(2)11-12(14)15-7-16-13(11)17-9(3)10-5-4-6-18-10/h7-10H,4-6H2,1-3H3,(H3,14,15,16,17). The molecular formula is C13H22N4O. The topological polar surface area (TPSA) is 73.1 Å². The lowest BCUT2D eigenvalue weighted by Crippen LogP contribution is -2.31. The second-order valence-electron chi connectivity index (χ2n) is 5.16. The Balaban J connectivity index is 2.15. The number of anilines is 2. The number of hydrogen-bond donors (Lipinski definition) is 2. The Kier molecular flexibility index (Phi) is 4.01. The Hall–Kier alpha value is -1.36. The zero-order valence-corrected chi connectivity index (χ0v) is 11.3. The highest BCUT2D eigenvalue weighted by molar-refractivity contribution is 5.57. The molecule has 5 nitrogen and oxygen atoms in total. The SMILES string of the molecule is CC(C)c1c(N)ncnc1NC(C)C1CCCO1. The van der Waals surface area contributed by atoms with Crippen LogP contribution in [0.4, 0.5) is 11.6 Å². The monoisotopic (exact) mass is 250 g/mol. The maximum atomic E-state index is 5.93. The summed E-state index contributed by atoms with van der Waals surface area (Å²) < 4.78 is 5.68. The number of hydrogen-bond acceptors (Lipinski definition) is 5. The zero-order chi connectivity index (χ0) is 13.1. The molecule has 2 atom stereocenters. The third-order valence-electron chi connectivity index (χ3n) is 3.38. The Morgan fingerprint density at radius 1 is 1.39 bits per heavy atom. The predicted molar refractivity (Wildman–Crippen MR) is 72.6 cm³/mol. The van der Waals surface area contributed by atoms with Crippen LogP contribution < -0.4 is 11.1 Å². The molecule has 0 saturated carbocycles. The third kappa shape index (κ3) is 2.72. The molecule has 0 radical (unpaired) electrons. The minimum Gasteiger partial charge on any atom is -0.383 e. The second kappa shape index (κ2) is 5.52. The van der Waals surface area contributed by atoms with E-state index in [9.17, 15) is 0 Å². The predicted octanol–water partition coefficient (Wildman–Crippen LogP) is 2.16. The molecule has 5 heteroatoms. The third-order valence-corrected chi connectivity index (χ3v) is 3.38. The number of aromatic nitrogens is 2. The van der Waals surface area contributed by atoms with Crippen LogP contribution in [0.2, 0.25) is 0 Å². The largest absolute Gasteiger partial charge is 0.383 e. The van der Waals surface area contributed by atoms with Crippen LogP contribution in [0.5, 0.6) is 0 Å². The van der Waals surface area contributed by atoms with Crippen LogP contribution in [-0.2, 0) is 4.74 Å². The zero-order valence-electron chi connectivity index (χ0n) is 11.3. The van der Waals surface area contributed by atoms with Gasteiger partial charge in [0.1, 0.15) is 18.0 Å². The van der Waals surface area contributed by atoms with Crippen molar-refractivity contribution in [2.45, 2.75) is 51.7 Å². The Bertz CT molecular complexity index is 402. The molecular weight excluding hydrogens is 228 g/mol. The fourth-order valence-corrected chi connectivity index (χ4v) is 2.40. The number of rotatable bonds is 4. The molecule has 0 aromatic carbocycles. The van der Waals surface area contributed by atoms with Crippen LogP contribution in [0, 0.1) is 0 Å². The molecule has 18 heavy (non-hydrogen) atoms. The lowest BCUT2D eigenvalue weighted by atomic mass is 10.0. The highest BCUT2D eigenvalue weighted by atomic mass is 16.5. The van der Waals surface area contributed by atoms with E-state index in [-0.39, 0.29) is 12.1 Å². The van der Waals surface area contributed by atoms with Crippen LogP contribution in [0.15, 0.2) is 6.33 Å². The minimum absolute atomic E-state index is 0.235. The van der Waals surface area contributed by atoms with Gasteiger partial charge < -0.3 is 15.8 Å². The van der Waals surface area contributed by atoms with Crippen molar-refractivity contribution in [1.82, 2.24) is 9.97 Å². The van der Waals surface area contributed by atoms with Crippen molar-refractivity contribution in [2.24, 2.45) is 0 Å². The molecule has 0 amide bonds. The Morgan fingerprint density at radius 2 is 2.17 bits per heavy atom. The van der Waals surface area contributed by atoms with Gasteiger partial charge in [-0.2, -0.15) is 0 Å². The highest BCUT2D eigenvalue weighted by Gasteiger charge is 2.24. The number of nitrogens with one attached hydrogen (secondary N) is 1. The van der Waals surface area contributed by atoms with Crippen molar-refractivity contribution in [2.75, 3.05) is 17.7 Å². The van der Waals surface area contributed by atoms with Crippen LogP contribution in [0.1, 0.15) is 45.1 Å². The van der Waals surface area contributed by atoms with E-state index >= 15 is 0 Å². The first kappa shape index (κ1) is 13.1. The Labute approximate surface area is 108 Å². The van der Waals surface area contributed by atoms with Crippen molar-refractivity contribution >= 4 is 11.6 Å². The fourth-order valence-electron chi connectivity index (χ4n) is 2.40. The van der Waals surface area contributed by atoms with Gasteiger partial charge in [-0.15, -0.1) is 0 Å². The van der Waals surface area contributed by atoms with E-state index < -0.39 is 0 Å². The highest BCUT2D eigenvalue weighted by Crippen LogP contribution is 2.28. The number of nitrogens with two attached hydrogens (primary N) is 1. The van der Waals surface area contributed by atoms with E-state index in [1.165, 1.54) is 6.33 Å². The van der Waals surface area contributed by atoms with Crippen molar-refractivity contribution in [3.05, 3.63) is 11.9 Å². The molecule has 1 aromatic heterocycles. The Morgan fingerprint density at radius 3 is 2.78 bits per heavy atom. The van der Waals surface area contributed by atoms with Gasteiger partial charge in [-0.1, -0.05) is 13.8 Å². The van der Waals surface area contributed by atoms with Gasteiger partial charge in [-0.25, -0.2) is 9.97 Å². The van der Waals surface area contributed by atoms with E-state index in [4.69, 9.17) is 10.5 Å². The van der Waals surface area contributed by atoms with Crippen molar-refractivity contribution in [1.29, 1.82) is 0 Å². The minimum atomic E-state index is 0.235. The van der Waals surface area contributed by atoms with E-state index in [2.05, 4.69) is 36.1 Å². The van der Waals surface area contributed by atoms with Gasteiger partial charge in [0, 0.05) is 12.2 Å². The van der Waals surface area contributed by atoms with Crippen LogP contribution in [0.3, 0.4) is 0 Å². The molecule has 0 bridgehead atoms. The summed E-state index contributed by atoms with van der Waals surface area (Å²) in [5, 5.41) is 3.42. The first-order valence-electron chi connectivity index (χ1n) is 6.58. The lowest BCUT2D eigenvalue weighted by Gasteiger charge is -2.23. The quantitative estimate of drug-likeness (QED) is 0.856. The summed E-state index contributed by atoms with van der Waals surface area (Å²) in [6.45, 7) is 7.17. The average molecular weight is 250 g/mol. The van der Waals surface area contributed by atoms with E-state index in [1.807, 2.05) is 0 Å². The van der Waals surface area contributed by atoms with Crippen LogP contribution in [0.25, 0.3) is 0 Å². The van der Waals surface area contributed by atoms with Crippen LogP contribution in [-0.4, -0.2) is 28.7 Å². The molecule has 3 N–H and O–H groups in total. The summed E-state index contributed by atoms with van der Waals surface area (Å²) in [6, 6.07) is 0.235. The summed E-state index contributed by atoms with van der Waals surface area (Å²) in [5.41, 5.74) is 6.92. The first-order chi connectivity index (χ1) is 8.59. The molecule has 1 saturated heterocycles. The summed E-state index contributed by atoms with van der Waals surface area (Å²) in [4.78, 5) is 8.38. The fraction of sp³-hybridized carbons (Fsp3) is 0.692. The van der Waals surface area contributed by atoms with Crippen molar-refractivity contribution < 1.29 is 4.74 Å². The maximum absolute atomic E-state index is 5.93. The number of nitrogen functional groups attached to an aromatic ring is 1. The molecule has 1 aliphatic heterocycles. The lowest BCUT2D eigenvalue weighted by molar-refractivity contribution is 0.0995. The molecule has 1 fully saturated rings. The van der Waals surface area contributed by atoms with E-state index in [0.717, 1.165) is 30.8 Å². The van der Waals surface area contributed by atoms with Gasteiger partial charge in [0.25, 0.3) is 0 Å². The summed E-state index contributed by atoms with van der Waals surface area (Å²) in [5.74, 6) is 1.69. The molecule has 0 spiro atoms.